The first-order valence-electron chi connectivity index (χ1n) is 5.37. The molecule has 4 nitrogen and oxygen atoms in total. The summed E-state index contributed by atoms with van der Waals surface area (Å²) in [5, 5.41) is 5.36. The number of carbonyl (C=O) groups is 2. The zero-order valence-electron chi connectivity index (χ0n) is 10.1. The Bertz CT molecular complexity index is 436. The molecule has 1 aromatic heterocycles. The minimum absolute atomic E-state index is 0.147. The SMILES string of the molecule is CC(=O)NC(CS)C(=O)NC(C)c1ccc(Cl)s1. The minimum atomic E-state index is -0.622. The number of nitrogens with one attached hydrogen (secondary N) is 2. The molecule has 0 saturated heterocycles. The van der Waals surface area contributed by atoms with Crippen LogP contribution in [0.5, 0.6) is 0 Å². The molecular weight excluding hydrogens is 292 g/mol. The van der Waals surface area contributed by atoms with Gasteiger partial charge in [0.15, 0.2) is 0 Å². The fourth-order valence-electron chi connectivity index (χ4n) is 1.39. The van der Waals surface area contributed by atoms with Crippen LogP contribution in [-0.4, -0.2) is 23.6 Å². The van der Waals surface area contributed by atoms with Crippen molar-refractivity contribution in [3.63, 3.8) is 0 Å². The summed E-state index contributed by atoms with van der Waals surface area (Å²) in [4.78, 5) is 23.8. The van der Waals surface area contributed by atoms with E-state index >= 15 is 0 Å². The van der Waals surface area contributed by atoms with E-state index in [1.807, 2.05) is 13.0 Å². The van der Waals surface area contributed by atoms with Gasteiger partial charge in [-0.2, -0.15) is 12.6 Å². The Balaban J connectivity index is 2.60. The molecule has 2 N–H and O–H groups in total. The van der Waals surface area contributed by atoms with E-state index in [9.17, 15) is 9.59 Å². The second-order valence-corrected chi connectivity index (χ2v) is 5.92. The second kappa shape index (κ2) is 7.01. The van der Waals surface area contributed by atoms with E-state index in [0.717, 1.165) is 4.88 Å². The Kier molecular flexibility index (Phi) is 5.98. The summed E-state index contributed by atoms with van der Waals surface area (Å²) in [6.07, 6.45) is 0. The van der Waals surface area contributed by atoms with Crippen molar-refractivity contribution >= 4 is 47.4 Å². The number of carbonyl (C=O) groups excluding carboxylic acids is 2. The molecule has 7 heteroatoms. The van der Waals surface area contributed by atoms with E-state index in [2.05, 4.69) is 23.3 Å². The maximum atomic E-state index is 11.9. The Morgan fingerprint density at radius 1 is 1.44 bits per heavy atom. The molecule has 0 saturated carbocycles. The summed E-state index contributed by atoms with van der Waals surface area (Å²) in [7, 11) is 0. The number of halogens is 1. The van der Waals surface area contributed by atoms with E-state index in [4.69, 9.17) is 11.6 Å². The van der Waals surface area contributed by atoms with Crippen LogP contribution in [0.25, 0.3) is 0 Å². The van der Waals surface area contributed by atoms with Gasteiger partial charge < -0.3 is 10.6 Å². The average Bonchev–Trinajstić information content (AvgIpc) is 2.72. The first-order valence-corrected chi connectivity index (χ1v) is 7.20. The van der Waals surface area contributed by atoms with Gasteiger partial charge in [-0.3, -0.25) is 9.59 Å². The van der Waals surface area contributed by atoms with Crippen LogP contribution in [0.15, 0.2) is 12.1 Å². The highest BCUT2D eigenvalue weighted by Crippen LogP contribution is 2.26. The maximum absolute atomic E-state index is 11.9. The summed E-state index contributed by atoms with van der Waals surface area (Å²) in [6.45, 7) is 3.23. The van der Waals surface area contributed by atoms with Crippen LogP contribution in [0.3, 0.4) is 0 Å². The standard InChI is InChI=1S/C11H15ClN2O2S2/c1-6(9-3-4-10(12)18-9)13-11(16)8(5-17)14-7(2)15/h3-4,6,8,17H,5H2,1-2H3,(H,13,16)(H,14,15). The largest absolute Gasteiger partial charge is 0.347 e. The van der Waals surface area contributed by atoms with E-state index in [-0.39, 0.29) is 23.6 Å². The predicted octanol–water partition coefficient (Wildman–Crippen LogP) is 2.01. The van der Waals surface area contributed by atoms with Crippen molar-refractivity contribution < 1.29 is 9.59 Å². The van der Waals surface area contributed by atoms with Gasteiger partial charge in [-0.15, -0.1) is 11.3 Å². The first-order chi connectivity index (χ1) is 8.43. The lowest BCUT2D eigenvalue weighted by atomic mass is 10.2. The summed E-state index contributed by atoms with van der Waals surface area (Å²) >= 11 is 11.3. The van der Waals surface area contributed by atoms with Gasteiger partial charge in [0.25, 0.3) is 0 Å². The predicted molar refractivity (Wildman–Crippen MR) is 77.3 cm³/mol. The fraction of sp³-hybridized carbons (Fsp3) is 0.455. The lowest BCUT2D eigenvalue weighted by Gasteiger charge is -2.18. The molecule has 0 radical (unpaired) electrons. The third-order valence-electron chi connectivity index (χ3n) is 2.26. The van der Waals surface area contributed by atoms with Gasteiger partial charge in [0, 0.05) is 17.6 Å². The summed E-state index contributed by atoms with van der Waals surface area (Å²) in [5.74, 6) is -0.253. The molecule has 0 aliphatic rings. The fourth-order valence-corrected chi connectivity index (χ4v) is 2.71. The molecule has 1 aromatic rings. The highest BCUT2D eigenvalue weighted by atomic mass is 35.5. The zero-order chi connectivity index (χ0) is 13.7. The Morgan fingerprint density at radius 2 is 2.11 bits per heavy atom. The molecular formula is C11H15ClN2O2S2. The third-order valence-corrected chi connectivity index (χ3v) is 4.04. The lowest BCUT2D eigenvalue weighted by molar-refractivity contribution is -0.127. The Morgan fingerprint density at radius 3 is 2.56 bits per heavy atom. The van der Waals surface area contributed by atoms with Crippen LogP contribution in [0.2, 0.25) is 4.34 Å². The number of hydrogen-bond acceptors (Lipinski definition) is 4. The quantitative estimate of drug-likeness (QED) is 0.729. The summed E-state index contributed by atoms with van der Waals surface area (Å²) in [5.41, 5.74) is 0. The molecule has 2 unspecified atom stereocenters. The van der Waals surface area contributed by atoms with Crippen LogP contribution < -0.4 is 10.6 Å². The smallest absolute Gasteiger partial charge is 0.243 e. The number of amides is 2. The van der Waals surface area contributed by atoms with Crippen molar-refractivity contribution in [3.8, 4) is 0 Å². The molecule has 0 aromatic carbocycles. The van der Waals surface area contributed by atoms with Crippen molar-refractivity contribution in [1.82, 2.24) is 10.6 Å². The van der Waals surface area contributed by atoms with Crippen molar-refractivity contribution in [1.29, 1.82) is 0 Å². The molecule has 2 amide bonds. The number of thiophene rings is 1. The summed E-state index contributed by atoms with van der Waals surface area (Å²) in [6, 6.07) is 2.88. The van der Waals surface area contributed by atoms with Gasteiger partial charge >= 0.3 is 0 Å². The molecule has 0 aliphatic heterocycles. The number of thiol groups is 1. The second-order valence-electron chi connectivity index (χ2n) is 3.81. The molecule has 0 bridgehead atoms. The maximum Gasteiger partial charge on any atom is 0.243 e. The van der Waals surface area contributed by atoms with Crippen LogP contribution in [0, 0.1) is 0 Å². The third kappa shape index (κ3) is 4.51. The summed E-state index contributed by atoms with van der Waals surface area (Å²) < 4.78 is 0.679. The van der Waals surface area contributed by atoms with E-state index < -0.39 is 6.04 Å². The molecule has 1 heterocycles. The highest BCUT2D eigenvalue weighted by Gasteiger charge is 2.20. The minimum Gasteiger partial charge on any atom is -0.347 e. The topological polar surface area (TPSA) is 58.2 Å². The molecule has 2 atom stereocenters. The van der Waals surface area contributed by atoms with Crippen molar-refractivity contribution in [2.45, 2.75) is 25.9 Å². The van der Waals surface area contributed by atoms with Crippen LogP contribution in [-0.2, 0) is 9.59 Å². The number of hydrogen-bond donors (Lipinski definition) is 3. The molecule has 1 rings (SSSR count). The highest BCUT2D eigenvalue weighted by molar-refractivity contribution is 7.80. The molecule has 0 spiro atoms. The molecule has 18 heavy (non-hydrogen) atoms. The average molecular weight is 307 g/mol. The monoisotopic (exact) mass is 306 g/mol. The van der Waals surface area contributed by atoms with E-state index in [1.165, 1.54) is 18.3 Å². The van der Waals surface area contributed by atoms with Gasteiger partial charge in [-0.05, 0) is 19.1 Å². The zero-order valence-corrected chi connectivity index (χ0v) is 12.5. The number of rotatable bonds is 5. The van der Waals surface area contributed by atoms with Gasteiger partial charge in [-0.1, -0.05) is 11.6 Å². The lowest BCUT2D eigenvalue weighted by Crippen LogP contribution is -2.47. The molecule has 100 valence electrons. The van der Waals surface area contributed by atoms with E-state index in [0.29, 0.717) is 4.34 Å². The van der Waals surface area contributed by atoms with Gasteiger partial charge in [0.2, 0.25) is 11.8 Å². The normalized spacial score (nSPS) is 13.8. The van der Waals surface area contributed by atoms with Crippen molar-refractivity contribution in [2.75, 3.05) is 5.75 Å². The van der Waals surface area contributed by atoms with E-state index in [1.54, 1.807) is 6.07 Å². The van der Waals surface area contributed by atoms with Crippen molar-refractivity contribution in [2.24, 2.45) is 0 Å². The Hall–Kier alpha value is -0.720. The molecule has 0 aliphatic carbocycles. The Labute approximate surface area is 121 Å². The first kappa shape index (κ1) is 15.3. The van der Waals surface area contributed by atoms with Gasteiger partial charge in [-0.25, -0.2) is 0 Å². The van der Waals surface area contributed by atoms with Crippen molar-refractivity contribution in [3.05, 3.63) is 21.3 Å². The van der Waals surface area contributed by atoms with Gasteiger partial charge in [0.1, 0.15) is 6.04 Å². The van der Waals surface area contributed by atoms with Crippen LogP contribution >= 0.6 is 35.6 Å². The van der Waals surface area contributed by atoms with Gasteiger partial charge in [0.05, 0.1) is 10.4 Å². The van der Waals surface area contributed by atoms with Crippen LogP contribution in [0.1, 0.15) is 24.8 Å². The molecule has 0 fully saturated rings. The van der Waals surface area contributed by atoms with Crippen LogP contribution in [0.4, 0.5) is 0 Å².